The van der Waals surface area contributed by atoms with Crippen molar-refractivity contribution in [1.29, 1.82) is 0 Å². The number of aromatic hydroxyl groups is 1. The van der Waals surface area contributed by atoms with Gasteiger partial charge in [-0.3, -0.25) is 14.4 Å². The standard InChI is InChI=1S/C21H21F2N3O5/c1-10(2)15-9-31-16-8-25-7-13(18(27)19(28)17(25)21(30)26(15)16)20(29)24-6-11-3-4-12(22)5-14(11)23/h3-5,7,10,15-16,28H,6,8-9H2,1-2H3,(H,24,29)/t15-,16?/m0/s1. The van der Waals surface area contributed by atoms with E-state index in [1.54, 1.807) is 0 Å². The van der Waals surface area contributed by atoms with Gasteiger partial charge in [-0.2, -0.15) is 0 Å². The molecule has 2 N–H and O–H groups in total. The van der Waals surface area contributed by atoms with E-state index in [9.17, 15) is 28.3 Å². The van der Waals surface area contributed by atoms with Crippen LogP contribution in [0.15, 0.2) is 29.2 Å². The Morgan fingerprint density at radius 2 is 2.06 bits per heavy atom. The lowest BCUT2D eigenvalue weighted by molar-refractivity contribution is 0.00429. The van der Waals surface area contributed by atoms with Crippen molar-refractivity contribution in [2.75, 3.05) is 6.61 Å². The summed E-state index contributed by atoms with van der Waals surface area (Å²) in [7, 11) is 0. The van der Waals surface area contributed by atoms with Gasteiger partial charge in [-0.15, -0.1) is 0 Å². The highest BCUT2D eigenvalue weighted by atomic mass is 19.1. The number of nitrogens with one attached hydrogen (secondary N) is 1. The molecule has 10 heteroatoms. The van der Waals surface area contributed by atoms with Gasteiger partial charge in [0, 0.05) is 24.4 Å². The van der Waals surface area contributed by atoms with Crippen LogP contribution >= 0.6 is 0 Å². The summed E-state index contributed by atoms with van der Waals surface area (Å²) in [6, 6.07) is 2.73. The molecule has 0 aliphatic carbocycles. The number of halogens is 2. The minimum absolute atomic E-state index is 0.0296. The molecule has 0 spiro atoms. The van der Waals surface area contributed by atoms with E-state index in [2.05, 4.69) is 5.32 Å². The number of nitrogens with zero attached hydrogens (tertiary/aromatic N) is 2. The summed E-state index contributed by atoms with van der Waals surface area (Å²) in [4.78, 5) is 39.7. The second kappa shape index (κ2) is 7.77. The SMILES string of the molecule is CC(C)[C@@H]1COC2Cn3cc(C(=O)NCc4ccc(F)cc4F)c(=O)c(O)c3C(=O)N21. The fourth-order valence-corrected chi connectivity index (χ4v) is 3.93. The highest BCUT2D eigenvalue weighted by Gasteiger charge is 2.45. The Morgan fingerprint density at radius 1 is 1.32 bits per heavy atom. The third kappa shape index (κ3) is 3.56. The van der Waals surface area contributed by atoms with Crippen molar-refractivity contribution in [2.45, 2.75) is 39.2 Å². The topological polar surface area (TPSA) is 101 Å². The van der Waals surface area contributed by atoms with Crippen molar-refractivity contribution in [2.24, 2.45) is 5.92 Å². The van der Waals surface area contributed by atoms with Gasteiger partial charge < -0.3 is 24.6 Å². The molecule has 1 fully saturated rings. The number of carbonyl (C=O) groups excluding carboxylic acids is 2. The predicted octanol–water partition coefficient (Wildman–Crippen LogP) is 1.60. The number of rotatable bonds is 4. The maximum absolute atomic E-state index is 13.8. The molecule has 1 aromatic carbocycles. The molecule has 31 heavy (non-hydrogen) atoms. The van der Waals surface area contributed by atoms with Crippen molar-refractivity contribution in [3.63, 3.8) is 0 Å². The third-order valence-corrected chi connectivity index (χ3v) is 5.64. The van der Waals surface area contributed by atoms with Gasteiger partial charge in [-0.25, -0.2) is 8.78 Å². The van der Waals surface area contributed by atoms with E-state index in [1.165, 1.54) is 21.7 Å². The van der Waals surface area contributed by atoms with Crippen LogP contribution in [0.25, 0.3) is 0 Å². The molecule has 8 nitrogen and oxygen atoms in total. The molecular formula is C21H21F2N3O5. The van der Waals surface area contributed by atoms with Crippen molar-refractivity contribution in [3.8, 4) is 5.75 Å². The molecule has 1 saturated heterocycles. The lowest BCUT2D eigenvalue weighted by Gasteiger charge is -2.35. The Hall–Kier alpha value is -3.27. The largest absolute Gasteiger partial charge is 0.503 e. The summed E-state index contributed by atoms with van der Waals surface area (Å²) in [6.07, 6.45) is 0.619. The van der Waals surface area contributed by atoms with E-state index < -0.39 is 46.4 Å². The molecule has 3 heterocycles. The van der Waals surface area contributed by atoms with Gasteiger partial charge in [0.25, 0.3) is 11.8 Å². The van der Waals surface area contributed by atoms with Crippen LogP contribution in [-0.2, 0) is 17.8 Å². The van der Waals surface area contributed by atoms with Gasteiger partial charge in [0.2, 0.25) is 5.43 Å². The van der Waals surface area contributed by atoms with E-state index in [4.69, 9.17) is 4.74 Å². The highest BCUT2D eigenvalue weighted by molar-refractivity contribution is 5.99. The summed E-state index contributed by atoms with van der Waals surface area (Å²) in [5.41, 5.74) is -1.57. The van der Waals surface area contributed by atoms with Crippen LogP contribution < -0.4 is 10.7 Å². The second-order valence-corrected chi connectivity index (χ2v) is 7.95. The van der Waals surface area contributed by atoms with Crippen LogP contribution in [-0.4, -0.2) is 45.3 Å². The normalized spacial score (nSPS) is 20.0. The molecule has 0 bridgehead atoms. The van der Waals surface area contributed by atoms with Gasteiger partial charge in [-0.1, -0.05) is 19.9 Å². The van der Waals surface area contributed by atoms with Crippen LogP contribution in [0.5, 0.6) is 5.75 Å². The molecule has 2 amide bonds. The van der Waals surface area contributed by atoms with E-state index >= 15 is 0 Å². The fraction of sp³-hybridized carbons (Fsp3) is 0.381. The molecule has 1 unspecified atom stereocenters. The summed E-state index contributed by atoms with van der Waals surface area (Å²) in [5, 5.41) is 12.8. The maximum Gasteiger partial charge on any atom is 0.276 e. The molecular weight excluding hydrogens is 412 g/mol. The van der Waals surface area contributed by atoms with Gasteiger partial charge in [0.05, 0.1) is 19.2 Å². The van der Waals surface area contributed by atoms with Crippen LogP contribution in [0.4, 0.5) is 8.78 Å². The average molecular weight is 433 g/mol. The molecule has 2 atom stereocenters. The Kier molecular flexibility index (Phi) is 5.26. The number of carbonyl (C=O) groups is 2. The van der Waals surface area contributed by atoms with Crippen LogP contribution in [0.3, 0.4) is 0 Å². The Balaban J connectivity index is 1.62. The van der Waals surface area contributed by atoms with E-state index in [-0.39, 0.29) is 36.3 Å². The first-order chi connectivity index (χ1) is 14.7. The van der Waals surface area contributed by atoms with Crippen LogP contribution in [0, 0.1) is 17.6 Å². The Labute approximate surface area is 176 Å². The predicted molar refractivity (Wildman–Crippen MR) is 104 cm³/mol. The lowest BCUT2D eigenvalue weighted by Crippen LogP contribution is -2.51. The summed E-state index contributed by atoms with van der Waals surface area (Å²) >= 11 is 0. The molecule has 2 aliphatic heterocycles. The second-order valence-electron chi connectivity index (χ2n) is 7.95. The number of aromatic nitrogens is 1. The molecule has 164 valence electrons. The van der Waals surface area contributed by atoms with Crippen molar-refractivity contribution in [3.05, 3.63) is 63.1 Å². The van der Waals surface area contributed by atoms with Crippen molar-refractivity contribution < 1.29 is 28.2 Å². The summed E-state index contributed by atoms with van der Waals surface area (Å²) in [6.45, 7) is 4.09. The smallest absolute Gasteiger partial charge is 0.276 e. The molecule has 1 aromatic heterocycles. The molecule has 0 radical (unpaired) electrons. The molecule has 2 aliphatic rings. The highest BCUT2D eigenvalue weighted by Crippen LogP contribution is 2.32. The first-order valence-electron chi connectivity index (χ1n) is 9.81. The number of ether oxygens (including phenoxy) is 1. The quantitative estimate of drug-likeness (QED) is 0.763. The minimum atomic E-state index is -1.00. The number of pyridine rings is 1. The van der Waals surface area contributed by atoms with E-state index in [1.807, 2.05) is 13.8 Å². The summed E-state index contributed by atoms with van der Waals surface area (Å²) < 4.78 is 33.8. The fourth-order valence-electron chi connectivity index (χ4n) is 3.93. The van der Waals surface area contributed by atoms with Gasteiger partial charge in [0.15, 0.2) is 17.7 Å². The molecule has 0 saturated carbocycles. The third-order valence-electron chi connectivity index (χ3n) is 5.64. The number of hydrogen-bond donors (Lipinski definition) is 2. The monoisotopic (exact) mass is 433 g/mol. The van der Waals surface area contributed by atoms with Gasteiger partial charge in [-0.05, 0) is 12.0 Å². The zero-order valence-corrected chi connectivity index (χ0v) is 16.9. The zero-order valence-electron chi connectivity index (χ0n) is 16.9. The van der Waals surface area contributed by atoms with Crippen molar-refractivity contribution in [1.82, 2.24) is 14.8 Å². The van der Waals surface area contributed by atoms with E-state index in [0.717, 1.165) is 6.07 Å². The average Bonchev–Trinajstić information content (AvgIpc) is 3.14. The number of fused-ring (bicyclic) bond motifs is 2. The molecule has 2 aromatic rings. The van der Waals surface area contributed by atoms with Gasteiger partial charge >= 0.3 is 0 Å². The number of benzene rings is 1. The Bertz CT molecular complexity index is 1130. The summed E-state index contributed by atoms with van der Waals surface area (Å²) in [5.74, 6) is -3.69. The zero-order chi connectivity index (χ0) is 22.4. The van der Waals surface area contributed by atoms with E-state index in [0.29, 0.717) is 12.7 Å². The first kappa shape index (κ1) is 21.0. The molecule has 4 rings (SSSR count). The van der Waals surface area contributed by atoms with Crippen LogP contribution in [0.1, 0.15) is 40.3 Å². The lowest BCUT2D eigenvalue weighted by atomic mass is 10.0. The van der Waals surface area contributed by atoms with Gasteiger partial charge in [0.1, 0.15) is 17.2 Å². The first-order valence-corrected chi connectivity index (χ1v) is 9.81. The minimum Gasteiger partial charge on any atom is -0.503 e. The van der Waals surface area contributed by atoms with Crippen LogP contribution in [0.2, 0.25) is 0 Å². The van der Waals surface area contributed by atoms with Crippen molar-refractivity contribution >= 4 is 11.8 Å². The Morgan fingerprint density at radius 3 is 2.74 bits per heavy atom. The number of amides is 2. The number of hydrogen-bond acceptors (Lipinski definition) is 5. The maximum atomic E-state index is 13.8.